The van der Waals surface area contributed by atoms with Crippen molar-refractivity contribution in [3.05, 3.63) is 54.4 Å². The molecule has 140 valence electrons. The van der Waals surface area contributed by atoms with E-state index in [2.05, 4.69) is 60.8 Å². The van der Waals surface area contributed by atoms with E-state index in [-0.39, 0.29) is 17.4 Å². The van der Waals surface area contributed by atoms with Gasteiger partial charge in [-0.2, -0.15) is 5.10 Å². The maximum Gasteiger partial charge on any atom is 0.248 e. The van der Waals surface area contributed by atoms with Crippen LogP contribution in [0.25, 0.3) is 0 Å². The monoisotopic (exact) mass is 354 g/mol. The van der Waals surface area contributed by atoms with Crippen LogP contribution in [0.15, 0.2) is 48.8 Å². The zero-order valence-corrected chi connectivity index (χ0v) is 16.0. The van der Waals surface area contributed by atoms with Gasteiger partial charge in [-0.05, 0) is 56.3 Å². The number of piperidine rings is 1. The number of benzene rings is 1. The fourth-order valence-corrected chi connectivity index (χ4v) is 4.10. The minimum absolute atomic E-state index is 0.000933. The standard InChI is InChI=1S/C21H30N4O/c1-17(16-20(2,3)18-8-5-4-6-9-18)24-19(26)21(10-13-22-14-11-21)25-15-7-12-23-25/h4-9,12,15,17,22H,10-11,13-14,16H2,1-3H3,(H,24,26). The Balaban J connectivity index is 1.71. The molecule has 1 fully saturated rings. The summed E-state index contributed by atoms with van der Waals surface area (Å²) in [5.41, 5.74) is 0.714. The smallest absolute Gasteiger partial charge is 0.248 e. The third-order valence-electron chi connectivity index (χ3n) is 5.55. The van der Waals surface area contributed by atoms with Crippen LogP contribution in [-0.2, 0) is 15.7 Å². The maximum atomic E-state index is 13.3. The van der Waals surface area contributed by atoms with Crippen LogP contribution in [0.2, 0.25) is 0 Å². The molecule has 1 aliphatic rings. The highest BCUT2D eigenvalue weighted by atomic mass is 16.2. The highest BCUT2D eigenvalue weighted by Gasteiger charge is 2.42. The van der Waals surface area contributed by atoms with E-state index in [4.69, 9.17) is 0 Å². The summed E-state index contributed by atoms with van der Waals surface area (Å²) in [6.45, 7) is 8.23. The van der Waals surface area contributed by atoms with Crippen LogP contribution in [0.4, 0.5) is 0 Å². The van der Waals surface area contributed by atoms with Crippen molar-refractivity contribution < 1.29 is 4.79 Å². The van der Waals surface area contributed by atoms with Crippen LogP contribution >= 0.6 is 0 Å². The first-order valence-corrected chi connectivity index (χ1v) is 9.51. The van der Waals surface area contributed by atoms with E-state index in [9.17, 15) is 4.79 Å². The van der Waals surface area contributed by atoms with Gasteiger partial charge in [0, 0.05) is 18.4 Å². The average Bonchev–Trinajstić information content (AvgIpc) is 3.17. The van der Waals surface area contributed by atoms with E-state index in [1.807, 2.05) is 23.0 Å². The molecular weight excluding hydrogens is 324 g/mol. The number of rotatable bonds is 6. The molecule has 0 bridgehead atoms. The third kappa shape index (κ3) is 3.83. The first-order chi connectivity index (χ1) is 12.4. The summed E-state index contributed by atoms with van der Waals surface area (Å²) in [6, 6.07) is 12.5. The molecule has 3 rings (SSSR count). The van der Waals surface area contributed by atoms with Crippen molar-refractivity contribution in [1.82, 2.24) is 20.4 Å². The van der Waals surface area contributed by atoms with E-state index < -0.39 is 5.54 Å². The van der Waals surface area contributed by atoms with Crippen molar-refractivity contribution in [3.63, 3.8) is 0 Å². The van der Waals surface area contributed by atoms with Gasteiger partial charge in [-0.15, -0.1) is 0 Å². The molecule has 5 nitrogen and oxygen atoms in total. The third-order valence-corrected chi connectivity index (χ3v) is 5.55. The van der Waals surface area contributed by atoms with Crippen molar-refractivity contribution in [3.8, 4) is 0 Å². The second-order valence-electron chi connectivity index (χ2n) is 8.06. The lowest BCUT2D eigenvalue weighted by Gasteiger charge is -2.38. The number of nitrogens with one attached hydrogen (secondary N) is 2. The average molecular weight is 354 g/mol. The molecular formula is C21H30N4O. The molecule has 2 aromatic rings. The van der Waals surface area contributed by atoms with Crippen molar-refractivity contribution >= 4 is 5.91 Å². The number of aromatic nitrogens is 2. The van der Waals surface area contributed by atoms with E-state index in [0.29, 0.717) is 0 Å². The van der Waals surface area contributed by atoms with Crippen molar-refractivity contribution in [2.24, 2.45) is 0 Å². The van der Waals surface area contributed by atoms with Gasteiger partial charge in [-0.3, -0.25) is 9.48 Å². The van der Waals surface area contributed by atoms with Gasteiger partial charge in [0.2, 0.25) is 5.91 Å². The molecule has 26 heavy (non-hydrogen) atoms. The minimum Gasteiger partial charge on any atom is -0.352 e. The predicted octanol–water partition coefficient (Wildman–Crippen LogP) is 2.83. The molecule has 1 saturated heterocycles. The van der Waals surface area contributed by atoms with Crippen molar-refractivity contribution in [2.45, 2.75) is 57.0 Å². The van der Waals surface area contributed by atoms with Crippen LogP contribution in [0.5, 0.6) is 0 Å². The number of hydrogen-bond donors (Lipinski definition) is 2. The normalized spacial score (nSPS) is 18.3. The predicted molar refractivity (Wildman–Crippen MR) is 104 cm³/mol. The van der Waals surface area contributed by atoms with Gasteiger partial charge < -0.3 is 10.6 Å². The molecule has 1 aromatic carbocycles. The van der Waals surface area contributed by atoms with Crippen LogP contribution in [0.1, 0.15) is 45.6 Å². The van der Waals surface area contributed by atoms with E-state index in [0.717, 1.165) is 32.4 Å². The molecule has 1 aromatic heterocycles. The van der Waals surface area contributed by atoms with Gasteiger partial charge >= 0.3 is 0 Å². The summed E-state index contributed by atoms with van der Waals surface area (Å²) >= 11 is 0. The summed E-state index contributed by atoms with van der Waals surface area (Å²) < 4.78 is 1.85. The summed E-state index contributed by atoms with van der Waals surface area (Å²) in [4.78, 5) is 13.3. The molecule has 1 amide bonds. The highest BCUT2D eigenvalue weighted by Crippen LogP contribution is 2.30. The Morgan fingerprint density at radius 2 is 1.96 bits per heavy atom. The zero-order valence-electron chi connectivity index (χ0n) is 16.0. The zero-order chi connectivity index (χ0) is 18.6. The van der Waals surface area contributed by atoms with Crippen LogP contribution in [-0.4, -0.2) is 34.8 Å². The summed E-state index contributed by atoms with van der Waals surface area (Å²) in [6.07, 6.45) is 6.06. The number of carbonyl (C=O) groups excluding carboxylic acids is 1. The summed E-state index contributed by atoms with van der Waals surface area (Å²) in [5.74, 6) is 0.0825. The lowest BCUT2D eigenvalue weighted by molar-refractivity contribution is -0.132. The lowest BCUT2D eigenvalue weighted by Crippen LogP contribution is -2.56. The fraction of sp³-hybridized carbons (Fsp3) is 0.524. The molecule has 2 heterocycles. The second kappa shape index (κ2) is 7.62. The number of amides is 1. The molecule has 2 N–H and O–H groups in total. The minimum atomic E-state index is -0.583. The molecule has 0 saturated carbocycles. The first kappa shape index (κ1) is 18.6. The Kier molecular flexibility index (Phi) is 5.47. The van der Waals surface area contributed by atoms with Gasteiger partial charge in [0.1, 0.15) is 5.54 Å². The topological polar surface area (TPSA) is 59.0 Å². The van der Waals surface area contributed by atoms with Gasteiger partial charge in [-0.25, -0.2) is 0 Å². The molecule has 1 unspecified atom stereocenters. The molecule has 5 heteroatoms. The van der Waals surface area contributed by atoms with E-state index in [1.165, 1.54) is 5.56 Å². The quantitative estimate of drug-likeness (QED) is 0.839. The summed E-state index contributed by atoms with van der Waals surface area (Å²) in [7, 11) is 0. The Morgan fingerprint density at radius 3 is 2.58 bits per heavy atom. The van der Waals surface area contributed by atoms with Crippen LogP contribution in [0.3, 0.4) is 0 Å². The van der Waals surface area contributed by atoms with E-state index in [1.54, 1.807) is 6.20 Å². The van der Waals surface area contributed by atoms with Gasteiger partial charge in [-0.1, -0.05) is 44.2 Å². The lowest BCUT2D eigenvalue weighted by atomic mass is 9.79. The molecule has 0 aliphatic carbocycles. The molecule has 0 radical (unpaired) electrons. The Labute approximate surface area is 156 Å². The Hall–Kier alpha value is -2.14. The van der Waals surface area contributed by atoms with Gasteiger partial charge in [0.05, 0.1) is 0 Å². The largest absolute Gasteiger partial charge is 0.352 e. The fourth-order valence-electron chi connectivity index (χ4n) is 4.10. The van der Waals surface area contributed by atoms with Crippen LogP contribution in [0, 0.1) is 0 Å². The van der Waals surface area contributed by atoms with Gasteiger partial charge in [0.15, 0.2) is 0 Å². The Morgan fingerprint density at radius 1 is 1.27 bits per heavy atom. The van der Waals surface area contributed by atoms with E-state index >= 15 is 0 Å². The molecule has 0 spiro atoms. The van der Waals surface area contributed by atoms with Gasteiger partial charge in [0.25, 0.3) is 0 Å². The van der Waals surface area contributed by atoms with Crippen molar-refractivity contribution in [1.29, 1.82) is 0 Å². The molecule has 1 atom stereocenters. The van der Waals surface area contributed by atoms with Crippen LogP contribution < -0.4 is 10.6 Å². The molecule has 1 aliphatic heterocycles. The first-order valence-electron chi connectivity index (χ1n) is 9.51. The number of nitrogens with zero attached hydrogens (tertiary/aromatic N) is 2. The summed E-state index contributed by atoms with van der Waals surface area (Å²) in [5, 5.41) is 11.0. The SMILES string of the molecule is CC(CC(C)(C)c1ccccc1)NC(=O)C1(n2cccn2)CCNCC1. The van der Waals surface area contributed by atoms with Crippen molar-refractivity contribution in [2.75, 3.05) is 13.1 Å². The Bertz CT molecular complexity index is 703. The second-order valence-corrected chi connectivity index (χ2v) is 8.06. The number of hydrogen-bond acceptors (Lipinski definition) is 3. The highest BCUT2D eigenvalue weighted by molar-refractivity contribution is 5.84. The maximum absolute atomic E-state index is 13.3. The number of carbonyl (C=O) groups is 1.